The van der Waals surface area contributed by atoms with E-state index in [-0.39, 0.29) is 0 Å². The van der Waals surface area contributed by atoms with Gasteiger partial charge in [-0.05, 0) is 25.2 Å². The summed E-state index contributed by atoms with van der Waals surface area (Å²) in [5.41, 5.74) is 1.18. The zero-order valence-electron chi connectivity index (χ0n) is 11.3. The van der Waals surface area contributed by atoms with Crippen molar-refractivity contribution in [3.63, 3.8) is 0 Å². The molecule has 0 amide bonds. The lowest BCUT2D eigenvalue weighted by atomic mass is 10.2. The van der Waals surface area contributed by atoms with Gasteiger partial charge in [-0.1, -0.05) is 15.9 Å². The van der Waals surface area contributed by atoms with Gasteiger partial charge in [0.1, 0.15) is 12.4 Å². The van der Waals surface area contributed by atoms with E-state index >= 15 is 0 Å². The minimum absolute atomic E-state index is 0.721. The average molecular weight is 329 g/mol. The molecule has 5 heteroatoms. The largest absolute Gasteiger partial charge is 0.492 e. The summed E-state index contributed by atoms with van der Waals surface area (Å²) in [7, 11) is 1.94. The Hall–Kier alpha value is -0.620. The standard InChI is InChI=1S/C14H21BrN2O2/c1-16-11-12-10-13(15)2-3-14(12)19-9-6-17-4-7-18-8-5-17/h2-3,10,16H,4-9,11H2,1H3. The van der Waals surface area contributed by atoms with Crippen LogP contribution in [0.15, 0.2) is 22.7 Å². The van der Waals surface area contributed by atoms with E-state index in [4.69, 9.17) is 9.47 Å². The summed E-state index contributed by atoms with van der Waals surface area (Å²) in [6.07, 6.45) is 0. The monoisotopic (exact) mass is 328 g/mol. The van der Waals surface area contributed by atoms with E-state index in [9.17, 15) is 0 Å². The Morgan fingerprint density at radius 2 is 2.16 bits per heavy atom. The number of rotatable bonds is 6. The maximum Gasteiger partial charge on any atom is 0.123 e. The molecule has 0 saturated carbocycles. The van der Waals surface area contributed by atoms with E-state index in [1.165, 1.54) is 5.56 Å². The van der Waals surface area contributed by atoms with Crippen molar-refractivity contribution in [3.05, 3.63) is 28.2 Å². The number of ether oxygens (including phenoxy) is 2. The highest BCUT2D eigenvalue weighted by Crippen LogP contribution is 2.23. The summed E-state index contributed by atoms with van der Waals surface area (Å²) in [6, 6.07) is 6.14. The number of halogens is 1. The van der Waals surface area contributed by atoms with E-state index in [0.717, 1.165) is 56.2 Å². The molecule has 2 rings (SSSR count). The van der Waals surface area contributed by atoms with Gasteiger partial charge in [-0.3, -0.25) is 4.90 Å². The Labute approximate surface area is 123 Å². The SMILES string of the molecule is CNCc1cc(Br)ccc1OCCN1CCOCC1. The molecule has 0 aromatic heterocycles. The molecule has 19 heavy (non-hydrogen) atoms. The lowest BCUT2D eigenvalue weighted by Crippen LogP contribution is -2.38. The molecule has 0 aliphatic carbocycles. The number of nitrogens with zero attached hydrogens (tertiary/aromatic N) is 1. The van der Waals surface area contributed by atoms with Crippen molar-refractivity contribution in [1.82, 2.24) is 10.2 Å². The second kappa shape index (κ2) is 7.85. The zero-order valence-corrected chi connectivity index (χ0v) is 12.9. The molecule has 1 N–H and O–H groups in total. The van der Waals surface area contributed by atoms with Gasteiger partial charge in [0.25, 0.3) is 0 Å². The van der Waals surface area contributed by atoms with Crippen molar-refractivity contribution in [1.29, 1.82) is 0 Å². The van der Waals surface area contributed by atoms with E-state index in [0.29, 0.717) is 0 Å². The number of morpholine rings is 1. The molecular formula is C14H21BrN2O2. The lowest BCUT2D eigenvalue weighted by molar-refractivity contribution is 0.0322. The highest BCUT2D eigenvalue weighted by molar-refractivity contribution is 9.10. The van der Waals surface area contributed by atoms with Crippen molar-refractivity contribution < 1.29 is 9.47 Å². The van der Waals surface area contributed by atoms with Crippen LogP contribution in [0.4, 0.5) is 0 Å². The van der Waals surface area contributed by atoms with Crippen molar-refractivity contribution in [2.45, 2.75) is 6.54 Å². The van der Waals surface area contributed by atoms with Gasteiger partial charge in [0.15, 0.2) is 0 Å². The first-order valence-electron chi connectivity index (χ1n) is 6.65. The van der Waals surface area contributed by atoms with Gasteiger partial charge in [0.2, 0.25) is 0 Å². The highest BCUT2D eigenvalue weighted by Gasteiger charge is 2.10. The van der Waals surface area contributed by atoms with Gasteiger partial charge < -0.3 is 14.8 Å². The molecule has 0 spiro atoms. The third-order valence-electron chi connectivity index (χ3n) is 3.16. The number of hydrogen-bond donors (Lipinski definition) is 1. The molecule has 4 nitrogen and oxygen atoms in total. The van der Waals surface area contributed by atoms with Crippen molar-refractivity contribution in [3.8, 4) is 5.75 Å². The summed E-state index contributed by atoms with van der Waals surface area (Å²) in [6.45, 7) is 6.18. The third-order valence-corrected chi connectivity index (χ3v) is 3.65. The molecule has 1 aromatic rings. The molecule has 106 valence electrons. The normalized spacial score (nSPS) is 16.5. The van der Waals surface area contributed by atoms with Crippen LogP contribution in [-0.4, -0.2) is 51.4 Å². The van der Waals surface area contributed by atoms with Crippen LogP contribution in [0, 0.1) is 0 Å². The van der Waals surface area contributed by atoms with Crippen LogP contribution in [0.3, 0.4) is 0 Å². The van der Waals surface area contributed by atoms with E-state index in [1.54, 1.807) is 0 Å². The molecule has 1 aliphatic rings. The maximum absolute atomic E-state index is 5.90. The fourth-order valence-electron chi connectivity index (χ4n) is 2.13. The van der Waals surface area contributed by atoms with E-state index in [2.05, 4.69) is 32.2 Å². The molecular weight excluding hydrogens is 308 g/mol. The molecule has 1 aliphatic heterocycles. The first-order valence-corrected chi connectivity index (χ1v) is 7.45. The van der Waals surface area contributed by atoms with Crippen LogP contribution in [0.2, 0.25) is 0 Å². The Morgan fingerprint density at radius 3 is 2.89 bits per heavy atom. The molecule has 1 aromatic carbocycles. The van der Waals surface area contributed by atoms with Gasteiger partial charge in [-0.25, -0.2) is 0 Å². The van der Waals surface area contributed by atoms with Crippen LogP contribution in [-0.2, 0) is 11.3 Å². The minimum atomic E-state index is 0.721. The topological polar surface area (TPSA) is 33.7 Å². The predicted octanol–water partition coefficient (Wildman–Crippen LogP) is 1.88. The second-order valence-electron chi connectivity index (χ2n) is 4.58. The molecule has 1 fully saturated rings. The Balaban J connectivity index is 1.84. The van der Waals surface area contributed by atoms with Crippen molar-refractivity contribution >= 4 is 15.9 Å². The minimum Gasteiger partial charge on any atom is -0.492 e. The molecule has 1 heterocycles. The summed E-state index contributed by atoms with van der Waals surface area (Å²) < 4.78 is 12.3. The first-order chi connectivity index (χ1) is 9.29. The highest BCUT2D eigenvalue weighted by atomic mass is 79.9. The predicted molar refractivity (Wildman–Crippen MR) is 79.7 cm³/mol. The smallest absolute Gasteiger partial charge is 0.123 e. The van der Waals surface area contributed by atoms with Crippen LogP contribution >= 0.6 is 15.9 Å². The van der Waals surface area contributed by atoms with E-state index in [1.807, 2.05) is 19.2 Å². The molecule has 0 unspecified atom stereocenters. The average Bonchev–Trinajstić information content (AvgIpc) is 2.43. The quantitative estimate of drug-likeness (QED) is 0.864. The summed E-state index contributed by atoms with van der Waals surface area (Å²) in [4.78, 5) is 2.38. The first kappa shape index (κ1) is 14.8. The molecule has 0 atom stereocenters. The van der Waals surface area contributed by atoms with Gasteiger partial charge in [-0.2, -0.15) is 0 Å². The molecule has 0 bridgehead atoms. The summed E-state index contributed by atoms with van der Waals surface area (Å²) in [5, 5.41) is 3.16. The number of nitrogens with one attached hydrogen (secondary N) is 1. The fourth-order valence-corrected chi connectivity index (χ4v) is 2.54. The van der Waals surface area contributed by atoms with Gasteiger partial charge in [0.05, 0.1) is 13.2 Å². The van der Waals surface area contributed by atoms with Crippen LogP contribution in [0.5, 0.6) is 5.75 Å². The Bertz CT molecular complexity index is 395. The maximum atomic E-state index is 5.90. The lowest BCUT2D eigenvalue weighted by Gasteiger charge is -2.26. The van der Waals surface area contributed by atoms with Crippen LogP contribution in [0.25, 0.3) is 0 Å². The number of benzene rings is 1. The zero-order chi connectivity index (χ0) is 13.5. The Kier molecular flexibility index (Phi) is 6.10. The summed E-state index contributed by atoms with van der Waals surface area (Å²) in [5.74, 6) is 0.964. The number of hydrogen-bond acceptors (Lipinski definition) is 4. The summed E-state index contributed by atoms with van der Waals surface area (Å²) >= 11 is 3.49. The van der Waals surface area contributed by atoms with Gasteiger partial charge in [-0.15, -0.1) is 0 Å². The Morgan fingerprint density at radius 1 is 1.37 bits per heavy atom. The molecule has 1 saturated heterocycles. The van der Waals surface area contributed by atoms with Crippen LogP contribution < -0.4 is 10.1 Å². The van der Waals surface area contributed by atoms with E-state index < -0.39 is 0 Å². The van der Waals surface area contributed by atoms with Crippen molar-refractivity contribution in [2.24, 2.45) is 0 Å². The third kappa shape index (κ3) is 4.76. The molecule has 0 radical (unpaired) electrons. The van der Waals surface area contributed by atoms with Crippen molar-refractivity contribution in [2.75, 3.05) is 46.5 Å². The second-order valence-corrected chi connectivity index (χ2v) is 5.50. The fraction of sp³-hybridized carbons (Fsp3) is 0.571. The van der Waals surface area contributed by atoms with Crippen LogP contribution in [0.1, 0.15) is 5.56 Å². The van der Waals surface area contributed by atoms with Gasteiger partial charge >= 0.3 is 0 Å². The van der Waals surface area contributed by atoms with Gasteiger partial charge in [0, 0.05) is 36.2 Å².